The summed E-state index contributed by atoms with van der Waals surface area (Å²) in [5, 5.41) is 4.81. The largest absolute Gasteiger partial charge is 0.451 e. The van der Waals surface area contributed by atoms with Crippen molar-refractivity contribution in [1.82, 2.24) is 9.99 Å². The lowest BCUT2D eigenvalue weighted by Gasteiger charge is -1.96. The molecule has 0 radical (unpaired) electrons. The van der Waals surface area contributed by atoms with Gasteiger partial charge in [0.15, 0.2) is 5.76 Å². The fraction of sp³-hybridized carbons (Fsp3) is 0.0667. The molecule has 5 heteroatoms. The van der Waals surface area contributed by atoms with Gasteiger partial charge in [0, 0.05) is 18.6 Å². The summed E-state index contributed by atoms with van der Waals surface area (Å²) in [6.45, 7) is 0. The number of fused-ring (bicyclic) bond motifs is 1. The van der Waals surface area contributed by atoms with E-state index in [1.54, 1.807) is 12.3 Å². The molecule has 5 nitrogen and oxygen atoms in total. The molecule has 1 N–H and O–H groups in total. The number of nitrogens with one attached hydrogen (secondary N) is 1. The van der Waals surface area contributed by atoms with Gasteiger partial charge in [0.1, 0.15) is 5.58 Å². The second kappa shape index (κ2) is 5.05. The van der Waals surface area contributed by atoms with Gasteiger partial charge >= 0.3 is 5.91 Å². The maximum atomic E-state index is 11.9. The van der Waals surface area contributed by atoms with Gasteiger partial charge in [-0.15, -0.1) is 0 Å². The molecular formula is C15H13N3O2. The van der Waals surface area contributed by atoms with Gasteiger partial charge in [-0.3, -0.25) is 4.79 Å². The molecule has 0 saturated heterocycles. The summed E-state index contributed by atoms with van der Waals surface area (Å²) >= 11 is 0. The minimum absolute atomic E-state index is 0.246. The number of nitrogens with zero attached hydrogens (tertiary/aromatic N) is 2. The number of carbonyl (C=O) groups is 1. The molecule has 0 atom stereocenters. The van der Waals surface area contributed by atoms with Crippen molar-refractivity contribution >= 4 is 23.1 Å². The van der Waals surface area contributed by atoms with Crippen LogP contribution in [0.3, 0.4) is 0 Å². The van der Waals surface area contributed by atoms with Gasteiger partial charge in [0.2, 0.25) is 0 Å². The lowest BCUT2D eigenvalue weighted by molar-refractivity contribution is 0.0929. The van der Waals surface area contributed by atoms with E-state index in [0.717, 1.165) is 11.1 Å². The van der Waals surface area contributed by atoms with Gasteiger partial charge in [0.05, 0.1) is 11.9 Å². The second-order valence-electron chi connectivity index (χ2n) is 4.39. The Morgan fingerprint density at radius 2 is 2.15 bits per heavy atom. The number of carbonyl (C=O) groups excluding carboxylic acids is 1. The Morgan fingerprint density at radius 3 is 2.90 bits per heavy atom. The molecule has 0 fully saturated rings. The standard InChI is InChI=1S/C15H13N3O2/c1-18-8-4-6-12(18)10-16-17-15(19)14-9-11-5-2-3-7-13(11)20-14/h2-10H,1H3,(H,17,19)/b16-10+. The summed E-state index contributed by atoms with van der Waals surface area (Å²) < 4.78 is 7.35. The fourth-order valence-electron chi connectivity index (χ4n) is 1.91. The third-order valence-electron chi connectivity index (χ3n) is 3.00. The maximum absolute atomic E-state index is 11.9. The molecule has 0 bridgehead atoms. The number of amides is 1. The quantitative estimate of drug-likeness (QED) is 0.585. The van der Waals surface area contributed by atoms with E-state index in [1.165, 1.54) is 0 Å². The van der Waals surface area contributed by atoms with E-state index in [0.29, 0.717) is 5.58 Å². The normalized spacial score (nSPS) is 11.2. The van der Waals surface area contributed by atoms with Crippen molar-refractivity contribution in [1.29, 1.82) is 0 Å². The first-order chi connectivity index (χ1) is 9.74. The van der Waals surface area contributed by atoms with E-state index in [2.05, 4.69) is 10.5 Å². The molecule has 3 rings (SSSR count). The van der Waals surface area contributed by atoms with Crippen molar-refractivity contribution in [2.24, 2.45) is 12.1 Å². The zero-order chi connectivity index (χ0) is 13.9. The molecule has 0 aliphatic heterocycles. The van der Waals surface area contributed by atoms with Crippen LogP contribution in [0.5, 0.6) is 0 Å². The van der Waals surface area contributed by atoms with Crippen LogP contribution in [0, 0.1) is 0 Å². The van der Waals surface area contributed by atoms with Crippen LogP contribution in [0.25, 0.3) is 11.0 Å². The summed E-state index contributed by atoms with van der Waals surface area (Å²) in [6, 6.07) is 13.0. The van der Waals surface area contributed by atoms with Gasteiger partial charge in [0.25, 0.3) is 0 Å². The zero-order valence-electron chi connectivity index (χ0n) is 10.9. The molecule has 20 heavy (non-hydrogen) atoms. The fourth-order valence-corrected chi connectivity index (χ4v) is 1.91. The Labute approximate surface area is 115 Å². The van der Waals surface area contributed by atoms with Crippen LogP contribution in [0.1, 0.15) is 16.2 Å². The number of para-hydroxylation sites is 1. The topological polar surface area (TPSA) is 59.5 Å². The summed E-state index contributed by atoms with van der Waals surface area (Å²) in [7, 11) is 1.91. The van der Waals surface area contributed by atoms with Crippen molar-refractivity contribution in [3.05, 3.63) is 60.1 Å². The molecule has 3 aromatic rings. The lowest BCUT2D eigenvalue weighted by Crippen LogP contribution is -2.17. The predicted octanol–water partition coefficient (Wildman–Crippen LogP) is 2.54. The third kappa shape index (κ3) is 2.33. The van der Waals surface area contributed by atoms with E-state index in [1.807, 2.05) is 54.2 Å². The number of aromatic nitrogens is 1. The highest BCUT2D eigenvalue weighted by Crippen LogP contribution is 2.18. The monoisotopic (exact) mass is 267 g/mol. The van der Waals surface area contributed by atoms with E-state index < -0.39 is 0 Å². The van der Waals surface area contributed by atoms with Gasteiger partial charge < -0.3 is 8.98 Å². The number of rotatable bonds is 3. The van der Waals surface area contributed by atoms with Gasteiger partial charge in [-0.25, -0.2) is 5.43 Å². The van der Waals surface area contributed by atoms with E-state index in [4.69, 9.17) is 4.42 Å². The summed E-state index contributed by atoms with van der Waals surface area (Å²) in [4.78, 5) is 11.9. The van der Waals surface area contributed by atoms with E-state index >= 15 is 0 Å². The summed E-state index contributed by atoms with van der Waals surface area (Å²) in [5.41, 5.74) is 4.03. The highest BCUT2D eigenvalue weighted by Gasteiger charge is 2.10. The first kappa shape index (κ1) is 12.2. The molecule has 0 spiro atoms. The number of aryl methyl sites for hydroxylation is 1. The van der Waals surface area contributed by atoms with Crippen molar-refractivity contribution < 1.29 is 9.21 Å². The first-order valence-corrected chi connectivity index (χ1v) is 6.17. The maximum Gasteiger partial charge on any atom is 0.307 e. The molecule has 0 aliphatic carbocycles. The van der Waals surface area contributed by atoms with Crippen LogP contribution in [-0.4, -0.2) is 16.7 Å². The summed E-state index contributed by atoms with van der Waals surface area (Å²) in [6.07, 6.45) is 3.49. The number of hydrogen-bond donors (Lipinski definition) is 1. The Morgan fingerprint density at radius 1 is 1.30 bits per heavy atom. The Hall–Kier alpha value is -2.82. The molecule has 1 amide bonds. The Balaban J connectivity index is 1.73. The summed E-state index contributed by atoms with van der Waals surface area (Å²) in [5.74, 6) is -0.123. The van der Waals surface area contributed by atoms with Crippen LogP contribution >= 0.6 is 0 Å². The molecule has 0 saturated carbocycles. The van der Waals surface area contributed by atoms with E-state index in [-0.39, 0.29) is 11.7 Å². The van der Waals surface area contributed by atoms with Crippen molar-refractivity contribution in [3.8, 4) is 0 Å². The SMILES string of the molecule is Cn1cccc1/C=N/NC(=O)c1cc2ccccc2o1. The number of benzene rings is 1. The molecule has 0 unspecified atom stereocenters. The molecule has 100 valence electrons. The first-order valence-electron chi connectivity index (χ1n) is 6.17. The van der Waals surface area contributed by atoms with Crippen LogP contribution in [0.2, 0.25) is 0 Å². The van der Waals surface area contributed by atoms with Crippen LogP contribution in [-0.2, 0) is 7.05 Å². The predicted molar refractivity (Wildman–Crippen MR) is 76.7 cm³/mol. The van der Waals surface area contributed by atoms with E-state index in [9.17, 15) is 4.79 Å². The smallest absolute Gasteiger partial charge is 0.307 e. The molecule has 2 aromatic heterocycles. The molecule has 0 aliphatic rings. The number of hydrazone groups is 1. The average molecular weight is 267 g/mol. The lowest BCUT2D eigenvalue weighted by atomic mass is 10.2. The van der Waals surface area contributed by atoms with Crippen LogP contribution in [0.15, 0.2) is 58.2 Å². The average Bonchev–Trinajstić information content (AvgIpc) is 3.05. The zero-order valence-corrected chi connectivity index (χ0v) is 10.9. The second-order valence-corrected chi connectivity index (χ2v) is 4.39. The highest BCUT2D eigenvalue weighted by molar-refractivity contribution is 5.96. The van der Waals surface area contributed by atoms with Crippen molar-refractivity contribution in [2.75, 3.05) is 0 Å². The minimum atomic E-state index is -0.369. The molecule has 2 heterocycles. The van der Waals surface area contributed by atoms with Gasteiger partial charge in [-0.2, -0.15) is 5.10 Å². The van der Waals surface area contributed by atoms with Crippen molar-refractivity contribution in [3.63, 3.8) is 0 Å². The minimum Gasteiger partial charge on any atom is -0.451 e. The highest BCUT2D eigenvalue weighted by atomic mass is 16.3. The Bertz CT molecular complexity index is 750. The van der Waals surface area contributed by atoms with Crippen LogP contribution in [0.4, 0.5) is 0 Å². The molecular weight excluding hydrogens is 254 g/mol. The Kier molecular flexibility index (Phi) is 3.09. The van der Waals surface area contributed by atoms with Crippen LogP contribution < -0.4 is 5.43 Å². The van der Waals surface area contributed by atoms with Gasteiger partial charge in [-0.1, -0.05) is 18.2 Å². The van der Waals surface area contributed by atoms with Crippen molar-refractivity contribution in [2.45, 2.75) is 0 Å². The number of furan rings is 1. The van der Waals surface area contributed by atoms with Gasteiger partial charge in [-0.05, 0) is 24.3 Å². The number of hydrogen-bond acceptors (Lipinski definition) is 3. The third-order valence-corrected chi connectivity index (χ3v) is 3.00. The molecule has 1 aromatic carbocycles.